The molecule has 1 aromatic heterocycles. The maximum atomic E-state index is 11.7. The van der Waals surface area contributed by atoms with Gasteiger partial charge < -0.3 is 35.9 Å². The Balaban J connectivity index is 0.000000330. The summed E-state index contributed by atoms with van der Waals surface area (Å²) in [4.78, 5) is 45.3. The van der Waals surface area contributed by atoms with Crippen LogP contribution in [0.25, 0.3) is 10.9 Å². The Bertz CT molecular complexity index is 920. The molecule has 2 aromatic rings. The topological polar surface area (TPSA) is 200 Å². The highest BCUT2D eigenvalue weighted by atomic mass is 16.5. The van der Waals surface area contributed by atoms with Gasteiger partial charge in [0.15, 0.2) is 5.60 Å². The van der Waals surface area contributed by atoms with Crippen LogP contribution in [0.1, 0.15) is 32.3 Å². The zero-order chi connectivity index (χ0) is 23.8. The summed E-state index contributed by atoms with van der Waals surface area (Å²) in [5.74, 6) is -5.37. The van der Waals surface area contributed by atoms with Crippen LogP contribution in [0.4, 0.5) is 0 Å². The number of ether oxygens (including phenoxy) is 1. The number of fused-ring (bicyclic) bond motifs is 1. The number of hydrogen-bond donors (Lipinski definition) is 6. The summed E-state index contributed by atoms with van der Waals surface area (Å²) in [6, 6.07) is 7.33. The van der Waals surface area contributed by atoms with E-state index in [2.05, 4.69) is 4.98 Å². The van der Waals surface area contributed by atoms with Crippen molar-refractivity contribution in [3.05, 3.63) is 36.0 Å². The second-order valence-corrected chi connectivity index (χ2v) is 7.13. The Morgan fingerprint density at radius 2 is 1.61 bits per heavy atom. The number of aromatic nitrogens is 1. The molecule has 0 aliphatic heterocycles. The Labute approximate surface area is 177 Å². The fourth-order valence-corrected chi connectivity index (χ4v) is 2.65. The number of H-pyrrole nitrogens is 1. The Morgan fingerprint density at radius 3 is 2.10 bits per heavy atom. The van der Waals surface area contributed by atoms with Crippen LogP contribution in [-0.4, -0.2) is 67.0 Å². The van der Waals surface area contributed by atoms with Gasteiger partial charge in [0.05, 0.1) is 18.9 Å². The lowest BCUT2D eigenvalue weighted by Crippen LogP contribution is -2.42. The van der Waals surface area contributed by atoms with Crippen LogP contribution in [0.5, 0.6) is 0 Å². The predicted molar refractivity (Wildman–Crippen MR) is 108 cm³/mol. The molecule has 11 nitrogen and oxygen atoms in total. The number of carboxylic acids is 3. The second kappa shape index (κ2) is 11.1. The average Bonchev–Trinajstić information content (AvgIpc) is 3.03. The van der Waals surface area contributed by atoms with Crippen molar-refractivity contribution in [2.75, 3.05) is 0 Å². The zero-order valence-corrected chi connectivity index (χ0v) is 17.1. The molecule has 0 bridgehead atoms. The number of nitrogens with two attached hydrogens (primary N) is 1. The van der Waals surface area contributed by atoms with E-state index in [1.54, 1.807) is 0 Å². The van der Waals surface area contributed by atoms with E-state index < -0.39 is 42.4 Å². The lowest BCUT2D eigenvalue weighted by molar-refractivity contribution is -0.170. The summed E-state index contributed by atoms with van der Waals surface area (Å²) < 4.78 is 5.10. The van der Waals surface area contributed by atoms with Gasteiger partial charge >= 0.3 is 23.9 Å². The molecule has 1 atom stereocenters. The molecule has 11 heteroatoms. The summed E-state index contributed by atoms with van der Waals surface area (Å²) in [5.41, 5.74) is 5.21. The molecule has 0 saturated carbocycles. The van der Waals surface area contributed by atoms with Gasteiger partial charge in [0.1, 0.15) is 6.04 Å². The first-order chi connectivity index (χ1) is 14.4. The lowest BCUT2D eigenvalue weighted by atomic mass is 9.96. The minimum Gasteiger partial charge on any atom is -0.481 e. The molecule has 0 aliphatic carbocycles. The molecule has 0 aliphatic rings. The molecule has 1 heterocycles. The van der Waals surface area contributed by atoms with Crippen LogP contribution in [0, 0.1) is 0 Å². The number of benzene rings is 1. The molecule has 0 amide bonds. The summed E-state index contributed by atoms with van der Waals surface area (Å²) in [6.45, 7) is 3.63. The van der Waals surface area contributed by atoms with Crippen LogP contribution in [0.3, 0.4) is 0 Å². The maximum absolute atomic E-state index is 11.7. The third kappa shape index (κ3) is 8.07. The third-order valence-electron chi connectivity index (χ3n) is 4.05. The van der Waals surface area contributed by atoms with Crippen molar-refractivity contribution in [3.63, 3.8) is 0 Å². The molecule has 2 rings (SSSR count). The van der Waals surface area contributed by atoms with E-state index in [1.165, 1.54) is 0 Å². The van der Waals surface area contributed by atoms with Crippen LogP contribution in [0.15, 0.2) is 30.5 Å². The standard InChI is InChI=1S/C14H18N2O2.C6H8O7/c1-9(2)18-14(17)12(15)7-10-8-16-13-6-4-3-5-11(10)13;7-3(8)1-6(13,5(11)12)2-4(9)10/h3-6,8-9,12,16H,7,15H2,1-2H3;13H,1-2H2,(H,7,8)(H,9,10)(H,11,12)/t12-;/m0./s1. The Morgan fingerprint density at radius 1 is 1.06 bits per heavy atom. The number of esters is 1. The molecule has 0 spiro atoms. The Kier molecular flexibility index (Phi) is 9.15. The van der Waals surface area contributed by atoms with Crippen molar-refractivity contribution >= 4 is 34.8 Å². The van der Waals surface area contributed by atoms with Crippen LogP contribution < -0.4 is 5.73 Å². The van der Waals surface area contributed by atoms with E-state index in [4.69, 9.17) is 30.9 Å². The van der Waals surface area contributed by atoms with Crippen molar-refractivity contribution in [1.82, 2.24) is 4.98 Å². The van der Waals surface area contributed by atoms with Crippen LogP contribution in [0.2, 0.25) is 0 Å². The van der Waals surface area contributed by atoms with Gasteiger partial charge in [-0.25, -0.2) is 4.79 Å². The van der Waals surface area contributed by atoms with Crippen molar-refractivity contribution < 1.29 is 44.3 Å². The van der Waals surface area contributed by atoms with E-state index in [1.807, 2.05) is 44.3 Å². The molecule has 0 unspecified atom stereocenters. The number of carbonyl (C=O) groups is 4. The van der Waals surface area contributed by atoms with Crippen molar-refractivity contribution in [2.24, 2.45) is 5.73 Å². The first-order valence-corrected chi connectivity index (χ1v) is 9.26. The monoisotopic (exact) mass is 438 g/mol. The van der Waals surface area contributed by atoms with Gasteiger partial charge in [0, 0.05) is 23.5 Å². The fraction of sp³-hybridized carbons (Fsp3) is 0.400. The smallest absolute Gasteiger partial charge is 0.336 e. The number of rotatable bonds is 9. The predicted octanol–water partition coefficient (Wildman–Crippen LogP) is 0.741. The highest BCUT2D eigenvalue weighted by molar-refractivity contribution is 5.88. The maximum Gasteiger partial charge on any atom is 0.336 e. The number of nitrogens with one attached hydrogen (secondary N) is 1. The number of para-hydroxylation sites is 1. The largest absolute Gasteiger partial charge is 0.481 e. The van der Waals surface area contributed by atoms with E-state index in [-0.39, 0.29) is 12.1 Å². The van der Waals surface area contributed by atoms with Crippen molar-refractivity contribution in [2.45, 2.75) is 50.9 Å². The van der Waals surface area contributed by atoms with Crippen molar-refractivity contribution in [1.29, 1.82) is 0 Å². The highest BCUT2D eigenvalue weighted by Gasteiger charge is 2.40. The molecule has 170 valence electrons. The minimum absolute atomic E-state index is 0.133. The number of hydrogen-bond acceptors (Lipinski definition) is 7. The van der Waals surface area contributed by atoms with Crippen molar-refractivity contribution in [3.8, 4) is 0 Å². The second-order valence-electron chi connectivity index (χ2n) is 7.13. The molecule has 0 radical (unpaired) electrons. The van der Waals surface area contributed by atoms with Crippen LogP contribution in [-0.2, 0) is 30.3 Å². The summed E-state index contributed by atoms with van der Waals surface area (Å²) in [6.07, 6.45) is -0.0436. The number of carboxylic acid groups (broad SMARTS) is 3. The highest BCUT2D eigenvalue weighted by Crippen LogP contribution is 2.19. The van der Waals surface area contributed by atoms with Gasteiger partial charge in [0.25, 0.3) is 0 Å². The molecule has 1 aromatic carbocycles. The van der Waals surface area contributed by atoms with Gasteiger partial charge in [-0.2, -0.15) is 0 Å². The van der Waals surface area contributed by atoms with Gasteiger partial charge in [-0.15, -0.1) is 0 Å². The summed E-state index contributed by atoms with van der Waals surface area (Å²) >= 11 is 0. The molecule has 0 fully saturated rings. The molecule has 31 heavy (non-hydrogen) atoms. The first-order valence-electron chi connectivity index (χ1n) is 9.26. The normalized spacial score (nSPS) is 12.0. The molecular weight excluding hydrogens is 412 g/mol. The fourth-order valence-electron chi connectivity index (χ4n) is 2.65. The molecular formula is C20H26N2O9. The van der Waals surface area contributed by atoms with E-state index >= 15 is 0 Å². The number of aliphatic carboxylic acids is 3. The molecule has 7 N–H and O–H groups in total. The van der Waals surface area contributed by atoms with Gasteiger partial charge in [-0.3, -0.25) is 14.4 Å². The van der Waals surface area contributed by atoms with Gasteiger partial charge in [-0.05, 0) is 25.5 Å². The van der Waals surface area contributed by atoms with Crippen LogP contribution >= 0.6 is 0 Å². The first kappa shape index (κ1) is 25.6. The molecule has 0 saturated heterocycles. The average molecular weight is 438 g/mol. The number of aromatic amines is 1. The summed E-state index contributed by atoms with van der Waals surface area (Å²) in [5, 5.41) is 34.9. The summed E-state index contributed by atoms with van der Waals surface area (Å²) in [7, 11) is 0. The number of carbonyl (C=O) groups excluding carboxylic acids is 1. The van der Waals surface area contributed by atoms with E-state index in [0.29, 0.717) is 6.42 Å². The SMILES string of the molecule is CC(C)OC(=O)[C@@H](N)Cc1c[nH]c2ccccc12.O=C(O)CC(O)(CC(=O)O)C(=O)O. The van der Waals surface area contributed by atoms with E-state index in [0.717, 1.165) is 16.5 Å². The third-order valence-corrected chi connectivity index (χ3v) is 4.05. The van der Waals surface area contributed by atoms with Gasteiger partial charge in [0.2, 0.25) is 0 Å². The van der Waals surface area contributed by atoms with Gasteiger partial charge in [-0.1, -0.05) is 18.2 Å². The lowest BCUT2D eigenvalue weighted by Gasteiger charge is -2.18. The van der Waals surface area contributed by atoms with E-state index in [9.17, 15) is 19.2 Å². The quantitative estimate of drug-likeness (QED) is 0.303. The Hall–Kier alpha value is -3.44. The minimum atomic E-state index is -2.74. The zero-order valence-electron chi connectivity index (χ0n) is 17.1. The number of aliphatic hydroxyl groups is 1.